The fraction of sp³-hybridized carbons (Fsp3) is 0.214. The number of nitrogens with two attached hydrogens (primary N) is 1. The van der Waals surface area contributed by atoms with E-state index < -0.39 is 0 Å². The maximum absolute atomic E-state index is 6.07. The number of nitrogens with zero attached hydrogens (tertiary/aromatic N) is 1. The second-order valence-corrected chi connectivity index (χ2v) is 4.23. The van der Waals surface area contributed by atoms with Crippen molar-refractivity contribution in [3.63, 3.8) is 0 Å². The van der Waals surface area contributed by atoms with Gasteiger partial charge in [-0.25, -0.2) is 0 Å². The second-order valence-electron chi connectivity index (χ2n) is 4.23. The van der Waals surface area contributed by atoms with E-state index in [2.05, 4.69) is 29.2 Å². The van der Waals surface area contributed by atoms with Gasteiger partial charge in [0.15, 0.2) is 0 Å². The van der Waals surface area contributed by atoms with E-state index in [1.807, 2.05) is 18.3 Å². The number of aromatic nitrogens is 1. The summed E-state index contributed by atoms with van der Waals surface area (Å²) in [6.07, 6.45) is 3.96. The quantitative estimate of drug-likeness (QED) is 0.786. The summed E-state index contributed by atoms with van der Waals surface area (Å²) < 4.78 is 0. The lowest BCUT2D eigenvalue weighted by molar-refractivity contribution is 0.713. The van der Waals surface area contributed by atoms with Crippen LogP contribution in [-0.2, 0) is 6.42 Å². The van der Waals surface area contributed by atoms with Crippen LogP contribution in [0.1, 0.15) is 23.6 Å². The van der Waals surface area contributed by atoms with Gasteiger partial charge < -0.3 is 5.73 Å². The van der Waals surface area contributed by atoms with Gasteiger partial charge in [-0.1, -0.05) is 24.3 Å². The number of rotatable bonds is 1. The molecule has 0 saturated heterocycles. The summed E-state index contributed by atoms with van der Waals surface area (Å²) in [5.74, 6) is 0. The third kappa shape index (κ3) is 1.42. The molecule has 80 valence electrons. The lowest BCUT2D eigenvalue weighted by Gasteiger charge is -2.08. The smallest absolute Gasteiger partial charge is 0.0704 e. The van der Waals surface area contributed by atoms with E-state index in [4.69, 9.17) is 5.73 Å². The first-order valence-electron chi connectivity index (χ1n) is 5.65. The zero-order valence-electron chi connectivity index (χ0n) is 9.06. The summed E-state index contributed by atoms with van der Waals surface area (Å²) in [6, 6.07) is 12.6. The predicted molar refractivity (Wildman–Crippen MR) is 64.9 cm³/mol. The van der Waals surface area contributed by atoms with Crippen molar-refractivity contribution in [2.24, 2.45) is 5.73 Å². The maximum atomic E-state index is 6.07. The van der Waals surface area contributed by atoms with E-state index in [1.54, 1.807) is 0 Å². The van der Waals surface area contributed by atoms with Crippen molar-refractivity contribution >= 4 is 0 Å². The fourth-order valence-corrected chi connectivity index (χ4v) is 2.45. The highest BCUT2D eigenvalue weighted by molar-refractivity contribution is 5.66. The average Bonchev–Trinajstić information content (AvgIpc) is 2.73. The standard InChI is InChI=1S/C14H14N2/c15-13-8-7-10-11(13)4-3-5-12(10)14-6-1-2-9-16-14/h1-6,9,13H,7-8,15H2. The van der Waals surface area contributed by atoms with Gasteiger partial charge in [0, 0.05) is 17.8 Å². The van der Waals surface area contributed by atoms with Crippen LogP contribution >= 0.6 is 0 Å². The Hall–Kier alpha value is -1.67. The molecule has 1 aromatic carbocycles. The van der Waals surface area contributed by atoms with Crippen LogP contribution in [0.4, 0.5) is 0 Å². The Balaban J connectivity index is 2.17. The molecule has 0 radical (unpaired) electrons. The van der Waals surface area contributed by atoms with Crippen LogP contribution in [0.5, 0.6) is 0 Å². The first-order chi connectivity index (χ1) is 7.86. The van der Waals surface area contributed by atoms with Crippen LogP contribution in [0.25, 0.3) is 11.3 Å². The maximum Gasteiger partial charge on any atom is 0.0704 e. The first kappa shape index (κ1) is 9.55. The minimum atomic E-state index is 0.207. The lowest BCUT2D eigenvalue weighted by atomic mass is 10.00. The van der Waals surface area contributed by atoms with E-state index in [9.17, 15) is 0 Å². The van der Waals surface area contributed by atoms with Crippen LogP contribution in [-0.4, -0.2) is 4.98 Å². The Bertz CT molecular complexity index is 505. The molecule has 0 fully saturated rings. The molecule has 1 heterocycles. The van der Waals surface area contributed by atoms with Crippen molar-refractivity contribution in [3.8, 4) is 11.3 Å². The van der Waals surface area contributed by atoms with Crippen molar-refractivity contribution in [1.82, 2.24) is 4.98 Å². The van der Waals surface area contributed by atoms with Crippen LogP contribution in [0.15, 0.2) is 42.6 Å². The molecule has 1 atom stereocenters. The van der Waals surface area contributed by atoms with Gasteiger partial charge in [0.1, 0.15) is 0 Å². The van der Waals surface area contributed by atoms with E-state index in [-0.39, 0.29) is 6.04 Å². The molecule has 16 heavy (non-hydrogen) atoms. The Morgan fingerprint density at radius 3 is 2.88 bits per heavy atom. The zero-order valence-corrected chi connectivity index (χ0v) is 9.06. The zero-order chi connectivity index (χ0) is 11.0. The molecule has 2 nitrogen and oxygen atoms in total. The summed E-state index contributed by atoms with van der Waals surface area (Å²) in [7, 11) is 0. The molecule has 1 aromatic heterocycles. The molecule has 0 bridgehead atoms. The number of hydrogen-bond donors (Lipinski definition) is 1. The van der Waals surface area contributed by atoms with Gasteiger partial charge in [-0.05, 0) is 36.1 Å². The summed E-state index contributed by atoms with van der Waals surface area (Å²) in [5.41, 5.74) is 11.0. The van der Waals surface area contributed by atoms with Gasteiger partial charge in [0.2, 0.25) is 0 Å². The van der Waals surface area contributed by atoms with Crippen LogP contribution in [0.3, 0.4) is 0 Å². The molecule has 0 aliphatic heterocycles. The molecule has 0 saturated carbocycles. The predicted octanol–water partition coefficient (Wildman–Crippen LogP) is 2.69. The van der Waals surface area contributed by atoms with E-state index in [1.165, 1.54) is 16.7 Å². The lowest BCUT2D eigenvalue weighted by Crippen LogP contribution is -2.04. The first-order valence-corrected chi connectivity index (χ1v) is 5.65. The monoisotopic (exact) mass is 210 g/mol. The molecule has 1 aliphatic rings. The van der Waals surface area contributed by atoms with Crippen molar-refractivity contribution in [2.45, 2.75) is 18.9 Å². The summed E-state index contributed by atoms with van der Waals surface area (Å²) >= 11 is 0. The Kier molecular flexibility index (Phi) is 2.22. The van der Waals surface area contributed by atoms with Crippen LogP contribution < -0.4 is 5.73 Å². The number of fused-ring (bicyclic) bond motifs is 1. The third-order valence-electron chi connectivity index (χ3n) is 3.26. The highest BCUT2D eigenvalue weighted by Gasteiger charge is 2.21. The molecule has 1 unspecified atom stereocenters. The minimum Gasteiger partial charge on any atom is -0.324 e. The number of pyridine rings is 1. The van der Waals surface area contributed by atoms with Gasteiger partial charge in [-0.2, -0.15) is 0 Å². The summed E-state index contributed by atoms with van der Waals surface area (Å²) in [5, 5.41) is 0. The SMILES string of the molecule is NC1CCc2c(-c3ccccn3)cccc21. The highest BCUT2D eigenvalue weighted by atomic mass is 14.7. The van der Waals surface area contributed by atoms with Crippen LogP contribution in [0.2, 0.25) is 0 Å². The largest absolute Gasteiger partial charge is 0.324 e. The summed E-state index contributed by atoms with van der Waals surface area (Å²) in [4.78, 5) is 4.41. The molecule has 2 heteroatoms. The fourth-order valence-electron chi connectivity index (χ4n) is 2.45. The molecule has 0 spiro atoms. The second kappa shape index (κ2) is 3.72. The van der Waals surface area contributed by atoms with Gasteiger partial charge >= 0.3 is 0 Å². The van der Waals surface area contributed by atoms with E-state index >= 15 is 0 Å². The Labute approximate surface area is 95.1 Å². The summed E-state index contributed by atoms with van der Waals surface area (Å²) in [6.45, 7) is 0. The van der Waals surface area contributed by atoms with Crippen molar-refractivity contribution in [3.05, 3.63) is 53.7 Å². The minimum absolute atomic E-state index is 0.207. The third-order valence-corrected chi connectivity index (χ3v) is 3.26. The Morgan fingerprint density at radius 1 is 1.12 bits per heavy atom. The van der Waals surface area contributed by atoms with Crippen molar-refractivity contribution in [1.29, 1.82) is 0 Å². The van der Waals surface area contributed by atoms with Crippen molar-refractivity contribution in [2.75, 3.05) is 0 Å². The highest BCUT2D eigenvalue weighted by Crippen LogP contribution is 2.35. The normalized spacial score (nSPS) is 18.4. The van der Waals surface area contributed by atoms with E-state index in [0.717, 1.165) is 18.5 Å². The van der Waals surface area contributed by atoms with Crippen LogP contribution in [0, 0.1) is 0 Å². The van der Waals surface area contributed by atoms with Crippen molar-refractivity contribution < 1.29 is 0 Å². The molecule has 2 aromatic rings. The molecule has 2 N–H and O–H groups in total. The van der Waals surface area contributed by atoms with Gasteiger partial charge in [0.25, 0.3) is 0 Å². The van der Waals surface area contributed by atoms with Gasteiger partial charge in [-0.15, -0.1) is 0 Å². The average molecular weight is 210 g/mol. The van der Waals surface area contributed by atoms with E-state index in [0.29, 0.717) is 0 Å². The number of hydrogen-bond acceptors (Lipinski definition) is 2. The molecular weight excluding hydrogens is 196 g/mol. The number of benzene rings is 1. The Morgan fingerprint density at radius 2 is 2.06 bits per heavy atom. The van der Waals surface area contributed by atoms with Gasteiger partial charge in [-0.3, -0.25) is 4.98 Å². The molecular formula is C14H14N2. The topological polar surface area (TPSA) is 38.9 Å². The molecule has 0 amide bonds. The molecule has 3 rings (SSSR count). The van der Waals surface area contributed by atoms with Gasteiger partial charge in [0.05, 0.1) is 5.69 Å². The molecule has 1 aliphatic carbocycles.